The number of nitrogens with one attached hydrogen (secondary N) is 3. The molecule has 7 nitrogen and oxygen atoms in total. The van der Waals surface area contributed by atoms with Gasteiger partial charge in [-0.25, -0.2) is 4.79 Å². The lowest BCUT2D eigenvalue weighted by molar-refractivity contribution is -0.117. The molecule has 0 radical (unpaired) electrons. The van der Waals surface area contributed by atoms with Gasteiger partial charge in [-0.2, -0.15) is 0 Å². The minimum atomic E-state index is -0.829. The van der Waals surface area contributed by atoms with E-state index in [0.29, 0.717) is 27.3 Å². The van der Waals surface area contributed by atoms with Crippen LogP contribution in [0.3, 0.4) is 0 Å². The van der Waals surface area contributed by atoms with Crippen molar-refractivity contribution in [3.05, 3.63) is 95.0 Å². The van der Waals surface area contributed by atoms with Crippen LogP contribution in [0.2, 0.25) is 5.02 Å². The molecule has 3 N–H and O–H groups in total. The molecule has 3 aromatic carbocycles. The zero-order chi connectivity index (χ0) is 24.6. The van der Waals surface area contributed by atoms with Gasteiger partial charge in [0.1, 0.15) is 11.0 Å². The molecule has 0 aliphatic heterocycles. The Bertz CT molecular complexity index is 1310. The summed E-state index contributed by atoms with van der Waals surface area (Å²) in [7, 11) is 0. The maximum atomic E-state index is 13.2. The number of aromatic nitrogens is 2. The van der Waals surface area contributed by atoms with Crippen LogP contribution in [-0.2, 0) is 17.6 Å². The summed E-state index contributed by atoms with van der Waals surface area (Å²) >= 11 is 7.30. The lowest BCUT2D eigenvalue weighted by atomic mass is 10.1. The van der Waals surface area contributed by atoms with Gasteiger partial charge in [-0.15, -0.1) is 10.2 Å². The van der Waals surface area contributed by atoms with Crippen molar-refractivity contribution in [3.63, 3.8) is 0 Å². The van der Waals surface area contributed by atoms with Gasteiger partial charge >= 0.3 is 6.03 Å². The van der Waals surface area contributed by atoms with E-state index in [2.05, 4.69) is 26.1 Å². The highest BCUT2D eigenvalue weighted by molar-refractivity contribution is 7.18. The average Bonchev–Trinajstić information content (AvgIpc) is 3.33. The van der Waals surface area contributed by atoms with Crippen LogP contribution in [0.4, 0.5) is 15.6 Å². The fourth-order valence-electron chi connectivity index (χ4n) is 3.53. The molecule has 0 spiro atoms. The Hall–Kier alpha value is -3.75. The molecule has 9 heteroatoms. The number of halogens is 1. The number of aryl methyl sites for hydroxylation is 1. The number of hydrogen-bond donors (Lipinski definition) is 3. The van der Waals surface area contributed by atoms with Crippen LogP contribution < -0.4 is 16.0 Å². The third-order valence-electron chi connectivity index (χ3n) is 5.28. The molecule has 178 valence electrons. The van der Waals surface area contributed by atoms with Gasteiger partial charge in [-0.1, -0.05) is 90.5 Å². The van der Waals surface area contributed by atoms with Gasteiger partial charge in [0, 0.05) is 22.7 Å². The number of carbonyl (C=O) groups excluding carboxylic acids is 2. The summed E-state index contributed by atoms with van der Waals surface area (Å²) in [5, 5.41) is 18.3. The Kier molecular flexibility index (Phi) is 8.07. The van der Waals surface area contributed by atoms with Gasteiger partial charge in [0.05, 0.1) is 0 Å². The Labute approximate surface area is 212 Å². The number of rotatable bonds is 8. The Morgan fingerprint density at radius 3 is 2.49 bits per heavy atom. The van der Waals surface area contributed by atoms with Crippen LogP contribution in [-0.4, -0.2) is 28.2 Å². The van der Waals surface area contributed by atoms with E-state index in [-0.39, 0.29) is 5.91 Å². The molecule has 4 rings (SSSR count). The first-order valence-electron chi connectivity index (χ1n) is 11.1. The lowest BCUT2D eigenvalue weighted by Gasteiger charge is -2.19. The van der Waals surface area contributed by atoms with Crippen LogP contribution >= 0.6 is 22.9 Å². The molecule has 1 heterocycles. The Morgan fingerprint density at radius 1 is 0.943 bits per heavy atom. The van der Waals surface area contributed by atoms with E-state index in [1.165, 1.54) is 11.3 Å². The number of nitrogens with zero attached hydrogens (tertiary/aromatic N) is 2. The summed E-state index contributed by atoms with van der Waals surface area (Å²) in [6, 6.07) is 23.1. The van der Waals surface area contributed by atoms with Crippen molar-refractivity contribution < 1.29 is 9.59 Å². The van der Waals surface area contributed by atoms with Crippen molar-refractivity contribution in [2.24, 2.45) is 0 Å². The fraction of sp³-hybridized carbons (Fsp3) is 0.154. The molecule has 0 unspecified atom stereocenters. The van der Waals surface area contributed by atoms with Gasteiger partial charge < -0.3 is 10.6 Å². The van der Waals surface area contributed by atoms with E-state index in [9.17, 15) is 9.59 Å². The second-order valence-electron chi connectivity index (χ2n) is 7.76. The summed E-state index contributed by atoms with van der Waals surface area (Å²) in [5.74, 6) is -0.387. The monoisotopic (exact) mass is 505 g/mol. The zero-order valence-electron chi connectivity index (χ0n) is 19.0. The molecule has 0 saturated heterocycles. The van der Waals surface area contributed by atoms with Crippen molar-refractivity contribution >= 4 is 45.7 Å². The number of anilines is 2. The summed E-state index contributed by atoms with van der Waals surface area (Å²) in [5.41, 5.74) is 3.44. The minimum Gasteiger partial charge on any atom is -0.326 e. The Morgan fingerprint density at radius 2 is 1.71 bits per heavy atom. The smallest absolute Gasteiger partial charge is 0.319 e. The predicted molar refractivity (Wildman–Crippen MR) is 141 cm³/mol. The van der Waals surface area contributed by atoms with E-state index in [0.717, 1.165) is 23.1 Å². The summed E-state index contributed by atoms with van der Waals surface area (Å²) in [6.07, 6.45) is 1.09. The van der Waals surface area contributed by atoms with Crippen LogP contribution in [0.15, 0.2) is 78.9 Å². The van der Waals surface area contributed by atoms with Gasteiger partial charge in [-0.3, -0.25) is 10.1 Å². The van der Waals surface area contributed by atoms with E-state index in [1.54, 1.807) is 12.1 Å². The molecule has 35 heavy (non-hydrogen) atoms. The largest absolute Gasteiger partial charge is 0.326 e. The maximum Gasteiger partial charge on any atom is 0.319 e. The summed E-state index contributed by atoms with van der Waals surface area (Å²) in [6.45, 7) is 2.02. The fourth-order valence-corrected chi connectivity index (χ4v) is 4.46. The van der Waals surface area contributed by atoms with Crippen molar-refractivity contribution in [1.82, 2.24) is 15.5 Å². The maximum absolute atomic E-state index is 13.2. The molecule has 0 saturated carbocycles. The first-order chi connectivity index (χ1) is 17.0. The van der Waals surface area contributed by atoms with E-state index in [1.807, 2.05) is 73.7 Å². The standard InChI is InChI=1S/C26H24ClN5O2S/c1-2-18-11-6-7-14-21(18)28-25(34)29-22(15-17-9-4-3-5-10-17)23(33)30-26-32-31-24(35-26)19-12-8-13-20(27)16-19/h3-14,16,22H,2,15H2,1H3,(H2,28,29,34)(H,30,32,33)/t22-/m1/s1. The number of para-hydroxylation sites is 1. The van der Waals surface area contributed by atoms with Crippen LogP contribution in [0.1, 0.15) is 18.1 Å². The molecular formula is C26H24ClN5O2S. The topological polar surface area (TPSA) is 96.0 Å². The molecule has 1 atom stereocenters. The molecule has 4 aromatic rings. The second kappa shape index (κ2) is 11.6. The summed E-state index contributed by atoms with van der Waals surface area (Å²) < 4.78 is 0. The van der Waals surface area contributed by atoms with Crippen molar-refractivity contribution in [2.45, 2.75) is 25.8 Å². The third-order valence-corrected chi connectivity index (χ3v) is 6.40. The van der Waals surface area contributed by atoms with Gasteiger partial charge in [0.2, 0.25) is 11.0 Å². The first-order valence-corrected chi connectivity index (χ1v) is 12.3. The normalized spacial score (nSPS) is 11.5. The van der Waals surface area contributed by atoms with Gasteiger partial charge in [0.15, 0.2) is 0 Å². The van der Waals surface area contributed by atoms with E-state index < -0.39 is 12.1 Å². The third kappa shape index (κ3) is 6.65. The molecule has 3 amide bonds. The average molecular weight is 506 g/mol. The van der Waals surface area contributed by atoms with Crippen molar-refractivity contribution in [3.8, 4) is 10.6 Å². The highest BCUT2D eigenvalue weighted by Crippen LogP contribution is 2.28. The number of amides is 3. The number of benzene rings is 3. The quantitative estimate of drug-likeness (QED) is 0.282. The summed E-state index contributed by atoms with van der Waals surface area (Å²) in [4.78, 5) is 26.0. The number of hydrogen-bond acceptors (Lipinski definition) is 5. The first kappa shape index (κ1) is 24.4. The highest BCUT2D eigenvalue weighted by Gasteiger charge is 2.23. The van der Waals surface area contributed by atoms with Crippen molar-refractivity contribution in [1.29, 1.82) is 0 Å². The van der Waals surface area contributed by atoms with Crippen LogP contribution in [0.25, 0.3) is 10.6 Å². The minimum absolute atomic E-state index is 0.315. The molecular weight excluding hydrogens is 482 g/mol. The SMILES string of the molecule is CCc1ccccc1NC(=O)N[C@H](Cc1ccccc1)C(=O)Nc1nnc(-c2cccc(Cl)c2)s1. The molecule has 1 aromatic heterocycles. The molecule has 0 aliphatic carbocycles. The lowest BCUT2D eigenvalue weighted by Crippen LogP contribution is -2.47. The number of carbonyl (C=O) groups is 2. The van der Waals surface area contributed by atoms with Crippen molar-refractivity contribution in [2.75, 3.05) is 10.6 Å². The van der Waals surface area contributed by atoms with Gasteiger partial charge in [-0.05, 0) is 35.7 Å². The highest BCUT2D eigenvalue weighted by atomic mass is 35.5. The molecule has 0 fully saturated rings. The Balaban J connectivity index is 1.49. The molecule has 0 aliphatic rings. The van der Waals surface area contributed by atoms with Gasteiger partial charge in [0.25, 0.3) is 0 Å². The number of urea groups is 1. The van der Waals surface area contributed by atoms with Crippen LogP contribution in [0.5, 0.6) is 0 Å². The van der Waals surface area contributed by atoms with E-state index >= 15 is 0 Å². The molecule has 0 bridgehead atoms. The second-order valence-corrected chi connectivity index (χ2v) is 9.18. The van der Waals surface area contributed by atoms with E-state index in [4.69, 9.17) is 11.6 Å². The zero-order valence-corrected chi connectivity index (χ0v) is 20.6. The van der Waals surface area contributed by atoms with Crippen LogP contribution in [0, 0.1) is 0 Å². The predicted octanol–water partition coefficient (Wildman–Crippen LogP) is 5.79.